The molecule has 7 nitrogen and oxygen atoms in total. The van der Waals surface area contributed by atoms with Crippen molar-refractivity contribution < 1.29 is 19.5 Å². The van der Waals surface area contributed by atoms with Crippen molar-refractivity contribution in [3.8, 4) is 0 Å². The first-order chi connectivity index (χ1) is 11.2. The second-order valence-corrected chi connectivity index (χ2v) is 5.79. The van der Waals surface area contributed by atoms with Crippen LogP contribution in [0.15, 0.2) is 24.4 Å². The first-order valence-electron chi connectivity index (χ1n) is 8.27. The largest absolute Gasteiger partial charge is 0.355 e. The van der Waals surface area contributed by atoms with Gasteiger partial charge in [0.2, 0.25) is 5.91 Å². The van der Waals surface area contributed by atoms with Gasteiger partial charge in [-0.15, -0.1) is 0 Å². The average molecular weight is 321 g/mol. The van der Waals surface area contributed by atoms with Crippen molar-refractivity contribution in [2.75, 3.05) is 50.7 Å². The number of pyridine rings is 1. The Bertz CT molecular complexity index is 500. The van der Waals surface area contributed by atoms with E-state index in [2.05, 4.69) is 26.6 Å². The molecular weight excluding hydrogens is 294 g/mol. The molecule has 1 saturated heterocycles. The summed E-state index contributed by atoms with van der Waals surface area (Å²) in [6, 6.07) is 6.04. The number of nitrogens with one attached hydrogen (secondary N) is 4. The number of carbonyl (C=O) groups is 2. The molecule has 0 bridgehead atoms. The maximum absolute atomic E-state index is 11.9. The number of quaternary nitrogens is 1. The van der Waals surface area contributed by atoms with E-state index in [9.17, 15) is 9.59 Å². The molecule has 2 heterocycles. The lowest BCUT2D eigenvalue weighted by Crippen LogP contribution is -3.16. The normalized spacial score (nSPS) is 15.3. The first-order valence-corrected chi connectivity index (χ1v) is 8.27. The van der Waals surface area contributed by atoms with Gasteiger partial charge in [0.1, 0.15) is 26.2 Å². The van der Waals surface area contributed by atoms with Crippen LogP contribution in [0.5, 0.6) is 0 Å². The predicted octanol–water partition coefficient (Wildman–Crippen LogP) is -2.15. The smallest absolute Gasteiger partial charge is 0.275 e. The van der Waals surface area contributed by atoms with Gasteiger partial charge in [-0.05, 0) is 12.5 Å². The minimum atomic E-state index is -0.125. The molecule has 0 aromatic carbocycles. The number of carbonyl (C=O) groups excluding carboxylic acids is 2. The van der Waals surface area contributed by atoms with Gasteiger partial charge in [-0.2, -0.15) is 0 Å². The highest BCUT2D eigenvalue weighted by Gasteiger charge is 2.27. The van der Waals surface area contributed by atoms with Crippen LogP contribution in [0.3, 0.4) is 0 Å². The molecule has 4 N–H and O–H groups in total. The number of hydrogen-bond donors (Lipinski definition) is 3. The van der Waals surface area contributed by atoms with E-state index < -0.39 is 0 Å². The second kappa shape index (κ2) is 9.09. The monoisotopic (exact) mass is 321 g/mol. The summed E-state index contributed by atoms with van der Waals surface area (Å²) in [6.45, 7) is 6.80. The number of piperazine rings is 1. The van der Waals surface area contributed by atoms with Crippen LogP contribution in [0.2, 0.25) is 0 Å². The molecule has 0 atom stereocenters. The summed E-state index contributed by atoms with van der Waals surface area (Å²) in [4.78, 5) is 30.1. The Kier molecular flexibility index (Phi) is 6.80. The minimum Gasteiger partial charge on any atom is -0.355 e. The van der Waals surface area contributed by atoms with E-state index in [4.69, 9.17) is 0 Å². The third kappa shape index (κ3) is 5.86. The van der Waals surface area contributed by atoms with E-state index in [0.29, 0.717) is 13.1 Å². The van der Waals surface area contributed by atoms with Gasteiger partial charge in [-0.3, -0.25) is 14.5 Å². The van der Waals surface area contributed by atoms with Crippen LogP contribution >= 0.6 is 0 Å². The molecule has 126 valence electrons. The molecule has 0 radical (unpaired) electrons. The van der Waals surface area contributed by atoms with Gasteiger partial charge in [-0.25, -0.2) is 4.98 Å². The van der Waals surface area contributed by atoms with Crippen LogP contribution in [-0.2, 0) is 9.59 Å². The highest BCUT2D eigenvalue weighted by molar-refractivity contribution is 5.84. The zero-order valence-electron chi connectivity index (χ0n) is 13.7. The first kappa shape index (κ1) is 17.2. The Labute approximate surface area is 137 Å². The van der Waals surface area contributed by atoms with Crippen LogP contribution < -0.4 is 25.4 Å². The fourth-order valence-electron chi connectivity index (χ4n) is 2.62. The number of nitrogens with zero attached hydrogens (tertiary/aromatic N) is 1. The average Bonchev–Trinajstić information content (AvgIpc) is 2.59. The zero-order chi connectivity index (χ0) is 16.5. The molecule has 1 aromatic heterocycles. The second-order valence-electron chi connectivity index (χ2n) is 5.79. The molecular formula is C16H27N5O2+2. The maximum Gasteiger partial charge on any atom is 0.275 e. The summed E-state index contributed by atoms with van der Waals surface area (Å²) < 4.78 is 0. The SMILES string of the molecule is CCCNC(=O)CNC(=O)C[NH+]1CCN(c2cccc[nH+]2)CC1. The highest BCUT2D eigenvalue weighted by atomic mass is 16.2. The summed E-state index contributed by atoms with van der Waals surface area (Å²) in [7, 11) is 0. The summed E-state index contributed by atoms with van der Waals surface area (Å²) in [5, 5.41) is 5.43. The van der Waals surface area contributed by atoms with E-state index >= 15 is 0 Å². The Balaban J connectivity index is 1.66. The number of hydrogen-bond acceptors (Lipinski definition) is 3. The van der Waals surface area contributed by atoms with Crippen molar-refractivity contribution in [3.63, 3.8) is 0 Å². The van der Waals surface area contributed by atoms with Crippen molar-refractivity contribution >= 4 is 17.6 Å². The lowest BCUT2D eigenvalue weighted by atomic mass is 10.3. The zero-order valence-corrected chi connectivity index (χ0v) is 13.7. The Morgan fingerprint density at radius 3 is 2.65 bits per heavy atom. The highest BCUT2D eigenvalue weighted by Crippen LogP contribution is 2.04. The molecule has 1 aromatic rings. The number of anilines is 1. The molecule has 1 aliphatic rings. The van der Waals surface area contributed by atoms with Crippen LogP contribution in [0.4, 0.5) is 5.82 Å². The van der Waals surface area contributed by atoms with Crippen LogP contribution in [0.1, 0.15) is 13.3 Å². The minimum absolute atomic E-state index is 0.0635. The van der Waals surface area contributed by atoms with Gasteiger partial charge in [0.15, 0.2) is 6.54 Å². The quantitative estimate of drug-likeness (QED) is 0.536. The predicted molar refractivity (Wildman–Crippen MR) is 87.1 cm³/mol. The Morgan fingerprint density at radius 2 is 2.00 bits per heavy atom. The molecule has 0 saturated carbocycles. The van der Waals surface area contributed by atoms with E-state index in [1.165, 1.54) is 4.90 Å². The summed E-state index contributed by atoms with van der Waals surface area (Å²) in [6.07, 6.45) is 2.82. The molecule has 7 heteroatoms. The molecule has 23 heavy (non-hydrogen) atoms. The number of rotatable bonds is 7. The van der Waals surface area contributed by atoms with Crippen LogP contribution in [-0.4, -0.2) is 57.6 Å². The fourth-order valence-corrected chi connectivity index (χ4v) is 2.62. The van der Waals surface area contributed by atoms with Gasteiger partial charge in [0.25, 0.3) is 11.7 Å². The number of amides is 2. The van der Waals surface area contributed by atoms with Gasteiger partial charge >= 0.3 is 0 Å². The topological polar surface area (TPSA) is 80.0 Å². The van der Waals surface area contributed by atoms with Crippen LogP contribution in [0.25, 0.3) is 0 Å². The molecule has 0 unspecified atom stereocenters. The van der Waals surface area contributed by atoms with Gasteiger partial charge < -0.3 is 15.5 Å². The summed E-state index contributed by atoms with van der Waals surface area (Å²) >= 11 is 0. The number of aromatic amines is 1. The van der Waals surface area contributed by atoms with Crippen molar-refractivity contribution in [2.45, 2.75) is 13.3 Å². The van der Waals surface area contributed by atoms with Gasteiger partial charge in [0.05, 0.1) is 12.7 Å². The van der Waals surface area contributed by atoms with Gasteiger partial charge in [0, 0.05) is 12.6 Å². The van der Waals surface area contributed by atoms with Crippen molar-refractivity contribution in [2.24, 2.45) is 0 Å². The Hall–Kier alpha value is -2.15. The Morgan fingerprint density at radius 1 is 1.22 bits per heavy atom. The molecule has 0 spiro atoms. The third-order valence-electron chi connectivity index (χ3n) is 3.93. The van der Waals surface area contributed by atoms with E-state index in [0.717, 1.165) is 38.4 Å². The number of aromatic nitrogens is 1. The van der Waals surface area contributed by atoms with E-state index in [1.807, 2.05) is 25.3 Å². The van der Waals surface area contributed by atoms with Crippen molar-refractivity contribution in [1.29, 1.82) is 0 Å². The van der Waals surface area contributed by atoms with Gasteiger partial charge in [-0.1, -0.05) is 13.0 Å². The lowest BCUT2D eigenvalue weighted by molar-refractivity contribution is -0.892. The fraction of sp³-hybridized carbons (Fsp3) is 0.562. The van der Waals surface area contributed by atoms with Crippen molar-refractivity contribution in [3.05, 3.63) is 24.4 Å². The standard InChI is InChI=1S/C16H25N5O2/c1-2-6-18-15(22)12-19-16(23)13-20-8-10-21(11-9-20)14-5-3-4-7-17-14/h3-5,7H,2,6,8-13H2,1H3,(H,18,22)(H,19,23)/p+2. The third-order valence-corrected chi connectivity index (χ3v) is 3.93. The molecule has 0 aliphatic carbocycles. The molecule has 2 amide bonds. The lowest BCUT2D eigenvalue weighted by Gasteiger charge is -2.27. The van der Waals surface area contributed by atoms with Crippen LogP contribution in [0, 0.1) is 0 Å². The summed E-state index contributed by atoms with van der Waals surface area (Å²) in [5.74, 6) is 0.926. The van der Waals surface area contributed by atoms with E-state index in [1.54, 1.807) is 0 Å². The van der Waals surface area contributed by atoms with Crippen molar-refractivity contribution in [1.82, 2.24) is 10.6 Å². The molecule has 2 rings (SSSR count). The number of H-pyrrole nitrogens is 1. The van der Waals surface area contributed by atoms with E-state index in [-0.39, 0.29) is 18.4 Å². The summed E-state index contributed by atoms with van der Waals surface area (Å²) in [5.41, 5.74) is 0. The molecule has 1 fully saturated rings. The maximum atomic E-state index is 11.9. The molecule has 1 aliphatic heterocycles.